The van der Waals surface area contributed by atoms with Gasteiger partial charge in [0.05, 0.1) is 12.8 Å². The average Bonchev–Trinajstić information content (AvgIpc) is 3.54. The summed E-state index contributed by atoms with van der Waals surface area (Å²) in [5, 5.41) is 25.6. The highest BCUT2D eigenvalue weighted by molar-refractivity contribution is 7.15. The van der Waals surface area contributed by atoms with E-state index in [0.29, 0.717) is 21.6 Å². The summed E-state index contributed by atoms with van der Waals surface area (Å²) in [5.41, 5.74) is 14.5. The third-order valence-corrected chi connectivity index (χ3v) is 8.38. The Bertz CT molecular complexity index is 1330. The van der Waals surface area contributed by atoms with Crippen molar-refractivity contribution >= 4 is 56.1 Å². The van der Waals surface area contributed by atoms with Crippen LogP contribution < -0.4 is 22.1 Å². The smallest absolute Gasteiger partial charge is 0.230 e. The fraction of sp³-hybridized carbons (Fsp3) is 0.308. The van der Waals surface area contributed by atoms with E-state index in [2.05, 4.69) is 31.0 Å². The molecular weight excluding hydrogens is 520 g/mol. The molecule has 0 radical (unpaired) electrons. The number of nitrogens with one attached hydrogen (secondary N) is 2. The molecule has 12 heteroatoms. The number of aromatic nitrogens is 4. The third kappa shape index (κ3) is 6.69. The normalized spacial score (nSPS) is 17.2. The zero-order valence-electron chi connectivity index (χ0n) is 20.6. The van der Waals surface area contributed by atoms with Gasteiger partial charge in [0.15, 0.2) is 0 Å². The van der Waals surface area contributed by atoms with Gasteiger partial charge < -0.3 is 22.1 Å². The summed E-state index contributed by atoms with van der Waals surface area (Å²) in [6.07, 6.45) is 4.36. The van der Waals surface area contributed by atoms with Crippen molar-refractivity contribution in [3.8, 4) is 0 Å². The van der Waals surface area contributed by atoms with Crippen LogP contribution in [0.1, 0.15) is 58.7 Å². The van der Waals surface area contributed by atoms with Crippen molar-refractivity contribution in [3.63, 3.8) is 0 Å². The van der Waals surface area contributed by atoms with Gasteiger partial charge in [0.1, 0.15) is 10.0 Å². The number of nitrogens with zero attached hydrogens (tertiary/aromatic N) is 4. The SMILES string of the molecule is Nc1cccc(CC(=O)Nc2nnc(C3CCCC(c4nnc(NC(=O)Cc5cccc(N)c5)s4)C3)s2)c1. The van der Waals surface area contributed by atoms with Crippen LogP contribution in [0.5, 0.6) is 0 Å². The van der Waals surface area contributed by atoms with E-state index in [0.717, 1.165) is 46.8 Å². The molecule has 2 aromatic carbocycles. The number of anilines is 4. The first-order chi connectivity index (χ1) is 18.4. The van der Waals surface area contributed by atoms with Gasteiger partial charge in [-0.15, -0.1) is 20.4 Å². The number of nitrogen functional groups attached to an aromatic ring is 2. The molecule has 0 spiro atoms. The fourth-order valence-corrected chi connectivity index (χ4v) is 6.46. The molecule has 1 fully saturated rings. The van der Waals surface area contributed by atoms with E-state index in [1.807, 2.05) is 24.3 Å². The zero-order valence-corrected chi connectivity index (χ0v) is 22.2. The maximum Gasteiger partial charge on any atom is 0.230 e. The zero-order chi connectivity index (χ0) is 26.5. The number of rotatable bonds is 8. The van der Waals surface area contributed by atoms with E-state index >= 15 is 0 Å². The molecule has 2 aromatic heterocycles. The van der Waals surface area contributed by atoms with Gasteiger partial charge in [-0.05, 0) is 54.7 Å². The van der Waals surface area contributed by atoms with Gasteiger partial charge in [-0.25, -0.2) is 0 Å². The van der Waals surface area contributed by atoms with Crippen LogP contribution in [0.2, 0.25) is 0 Å². The van der Waals surface area contributed by atoms with Crippen LogP contribution in [-0.2, 0) is 22.4 Å². The molecule has 1 saturated carbocycles. The van der Waals surface area contributed by atoms with Gasteiger partial charge in [-0.2, -0.15) is 0 Å². The quantitative estimate of drug-likeness (QED) is 0.236. The molecule has 10 nitrogen and oxygen atoms in total. The number of benzene rings is 2. The number of amides is 2. The summed E-state index contributed by atoms with van der Waals surface area (Å²) in [6.45, 7) is 0. The first-order valence-electron chi connectivity index (χ1n) is 12.4. The lowest BCUT2D eigenvalue weighted by Crippen LogP contribution is -2.14. The Hall–Kier alpha value is -3.90. The van der Waals surface area contributed by atoms with Gasteiger partial charge in [0.2, 0.25) is 22.1 Å². The second-order valence-electron chi connectivity index (χ2n) is 9.39. The third-order valence-electron chi connectivity index (χ3n) is 6.38. The standard InChI is InChI=1S/C26H28N8O2S2/c27-19-8-1-4-15(10-19)12-21(35)29-25-33-31-23(37-25)17-6-3-7-18(14-17)24-32-34-26(38-24)30-22(36)13-16-5-2-9-20(28)11-16/h1-2,4-5,8-11,17-18H,3,6-7,12-14,27-28H2,(H,29,33,35)(H,30,34,36). The molecule has 0 saturated heterocycles. The molecule has 2 amide bonds. The molecule has 2 unspecified atom stereocenters. The van der Waals surface area contributed by atoms with Crippen molar-refractivity contribution in [2.45, 2.75) is 50.4 Å². The van der Waals surface area contributed by atoms with Gasteiger partial charge >= 0.3 is 0 Å². The molecule has 2 atom stereocenters. The molecule has 6 N–H and O–H groups in total. The summed E-state index contributed by atoms with van der Waals surface area (Å²) in [5.74, 6) is 0.158. The lowest BCUT2D eigenvalue weighted by atomic mass is 9.82. The Morgan fingerprint density at radius 1 is 0.763 bits per heavy atom. The van der Waals surface area contributed by atoms with E-state index in [1.54, 1.807) is 24.3 Å². The lowest BCUT2D eigenvalue weighted by Gasteiger charge is -2.25. The minimum Gasteiger partial charge on any atom is -0.399 e. The maximum atomic E-state index is 12.4. The van der Waals surface area contributed by atoms with Crippen LogP contribution in [0.15, 0.2) is 48.5 Å². The number of hydrogen-bond acceptors (Lipinski definition) is 10. The monoisotopic (exact) mass is 548 g/mol. The fourth-order valence-electron chi connectivity index (χ4n) is 4.64. The van der Waals surface area contributed by atoms with Gasteiger partial charge in [0.25, 0.3) is 0 Å². The van der Waals surface area contributed by atoms with Crippen LogP contribution in [0, 0.1) is 0 Å². The Balaban J connectivity index is 1.15. The van der Waals surface area contributed by atoms with Crippen LogP contribution in [0.25, 0.3) is 0 Å². The molecule has 5 rings (SSSR count). The molecule has 1 aliphatic rings. The van der Waals surface area contributed by atoms with Crippen LogP contribution in [-0.4, -0.2) is 32.2 Å². The molecular formula is C26H28N8O2S2. The first-order valence-corrected chi connectivity index (χ1v) is 14.0. The second kappa shape index (κ2) is 11.7. The topological polar surface area (TPSA) is 162 Å². The van der Waals surface area contributed by atoms with Crippen molar-refractivity contribution < 1.29 is 9.59 Å². The van der Waals surface area contributed by atoms with Gasteiger partial charge in [0, 0.05) is 23.2 Å². The molecule has 38 heavy (non-hydrogen) atoms. The highest BCUT2D eigenvalue weighted by atomic mass is 32.1. The molecule has 0 bridgehead atoms. The largest absolute Gasteiger partial charge is 0.399 e. The lowest BCUT2D eigenvalue weighted by molar-refractivity contribution is -0.116. The number of carbonyl (C=O) groups is 2. The number of nitrogens with two attached hydrogens (primary N) is 2. The van der Waals surface area contributed by atoms with Crippen molar-refractivity contribution in [1.29, 1.82) is 0 Å². The number of carbonyl (C=O) groups excluding carboxylic acids is 2. The van der Waals surface area contributed by atoms with E-state index in [4.69, 9.17) is 11.5 Å². The average molecular weight is 549 g/mol. The highest BCUT2D eigenvalue weighted by Crippen LogP contribution is 2.43. The predicted molar refractivity (Wildman–Crippen MR) is 150 cm³/mol. The Morgan fingerprint density at radius 3 is 1.68 bits per heavy atom. The van der Waals surface area contributed by atoms with Crippen LogP contribution >= 0.6 is 22.7 Å². The Morgan fingerprint density at radius 2 is 1.24 bits per heavy atom. The molecule has 196 valence electrons. The summed E-state index contributed by atoms with van der Waals surface area (Å²) >= 11 is 2.83. The van der Waals surface area contributed by atoms with Crippen molar-refractivity contribution in [1.82, 2.24) is 20.4 Å². The summed E-state index contributed by atoms with van der Waals surface area (Å²) in [6, 6.07) is 14.6. The van der Waals surface area contributed by atoms with Crippen LogP contribution in [0.4, 0.5) is 21.6 Å². The summed E-state index contributed by atoms with van der Waals surface area (Å²) in [4.78, 5) is 24.9. The number of hydrogen-bond donors (Lipinski definition) is 4. The Labute approximate surface area is 227 Å². The van der Waals surface area contributed by atoms with E-state index < -0.39 is 0 Å². The molecule has 4 aromatic rings. The van der Waals surface area contributed by atoms with E-state index in [1.165, 1.54) is 22.7 Å². The summed E-state index contributed by atoms with van der Waals surface area (Å²) < 4.78 is 0. The minimum atomic E-state index is -0.154. The highest BCUT2D eigenvalue weighted by Gasteiger charge is 2.29. The maximum absolute atomic E-state index is 12.4. The van der Waals surface area contributed by atoms with Crippen LogP contribution in [0.3, 0.4) is 0 Å². The second-order valence-corrected chi connectivity index (χ2v) is 11.4. The predicted octanol–water partition coefficient (Wildman–Crippen LogP) is 4.36. The van der Waals surface area contributed by atoms with E-state index in [-0.39, 0.29) is 36.5 Å². The van der Waals surface area contributed by atoms with E-state index in [9.17, 15) is 9.59 Å². The van der Waals surface area contributed by atoms with Crippen molar-refractivity contribution in [2.24, 2.45) is 0 Å². The molecule has 1 aliphatic carbocycles. The van der Waals surface area contributed by atoms with Crippen molar-refractivity contribution in [2.75, 3.05) is 22.1 Å². The van der Waals surface area contributed by atoms with Gasteiger partial charge in [-0.1, -0.05) is 53.4 Å². The Kier molecular flexibility index (Phi) is 7.89. The van der Waals surface area contributed by atoms with Crippen molar-refractivity contribution in [3.05, 3.63) is 69.7 Å². The first kappa shape index (κ1) is 25.7. The summed E-state index contributed by atoms with van der Waals surface area (Å²) in [7, 11) is 0. The minimum absolute atomic E-state index is 0.154. The van der Waals surface area contributed by atoms with Gasteiger partial charge in [-0.3, -0.25) is 9.59 Å². The molecule has 2 heterocycles. The molecule has 0 aliphatic heterocycles.